The zero-order chi connectivity index (χ0) is 13.6. The van der Waals surface area contributed by atoms with E-state index in [2.05, 4.69) is 5.32 Å². The summed E-state index contributed by atoms with van der Waals surface area (Å²) in [5.41, 5.74) is 0. The summed E-state index contributed by atoms with van der Waals surface area (Å²) in [6.07, 6.45) is 2.87. The van der Waals surface area contributed by atoms with Crippen LogP contribution in [0, 0.1) is 0 Å². The molecule has 2 N–H and O–H groups in total. The lowest BCUT2D eigenvalue weighted by molar-refractivity contribution is -0.137. The molecule has 0 spiro atoms. The van der Waals surface area contributed by atoms with Crippen LogP contribution in [0.15, 0.2) is 0 Å². The minimum Gasteiger partial charge on any atom is -0.481 e. The van der Waals surface area contributed by atoms with Crippen molar-refractivity contribution in [1.82, 2.24) is 5.32 Å². The predicted octanol–water partition coefficient (Wildman–Crippen LogP) is 0.325. The van der Waals surface area contributed by atoms with Crippen LogP contribution in [0.4, 0.5) is 0 Å². The highest BCUT2D eigenvalue weighted by Gasteiger charge is 2.34. The summed E-state index contributed by atoms with van der Waals surface area (Å²) in [5.74, 6) is -1.22. The van der Waals surface area contributed by atoms with Crippen molar-refractivity contribution in [3.05, 3.63) is 0 Å². The van der Waals surface area contributed by atoms with Gasteiger partial charge in [0.2, 0.25) is 5.91 Å². The van der Waals surface area contributed by atoms with E-state index in [1.807, 2.05) is 0 Å². The molecular weight excluding hydrogens is 258 g/mol. The molecule has 0 aromatic carbocycles. The molecule has 1 atom stereocenters. The highest BCUT2D eigenvalue weighted by atomic mass is 32.2. The van der Waals surface area contributed by atoms with Gasteiger partial charge < -0.3 is 10.4 Å². The molecule has 104 valence electrons. The van der Waals surface area contributed by atoms with Crippen LogP contribution in [-0.4, -0.2) is 42.9 Å². The highest BCUT2D eigenvalue weighted by molar-refractivity contribution is 7.92. The van der Waals surface area contributed by atoms with Crippen LogP contribution in [0.2, 0.25) is 0 Å². The van der Waals surface area contributed by atoms with Crippen molar-refractivity contribution < 1.29 is 23.1 Å². The first-order chi connectivity index (χ1) is 8.43. The molecule has 0 aromatic heterocycles. The van der Waals surface area contributed by atoms with E-state index in [1.165, 1.54) is 0 Å². The zero-order valence-electron chi connectivity index (χ0n) is 10.2. The smallest absolute Gasteiger partial charge is 0.303 e. The fraction of sp³-hybridized carbons (Fsp3) is 0.818. The summed E-state index contributed by atoms with van der Waals surface area (Å²) in [5, 5.41) is 10.1. The number of hydrogen-bond donors (Lipinski definition) is 2. The zero-order valence-corrected chi connectivity index (χ0v) is 11.0. The standard InChI is InChI=1S/C11H19NO5S/c13-10(14)6-1-3-7-12-11(15)9-5-2-4-8-18(9,16)17/h9H,1-8H2,(H,12,15)(H,13,14). The maximum absolute atomic E-state index is 11.7. The molecule has 0 saturated carbocycles. The molecule has 1 unspecified atom stereocenters. The summed E-state index contributed by atoms with van der Waals surface area (Å²) in [6.45, 7) is 0.331. The van der Waals surface area contributed by atoms with Gasteiger partial charge in [-0.3, -0.25) is 9.59 Å². The Kier molecular flexibility index (Phi) is 5.58. The Morgan fingerprint density at radius 3 is 2.56 bits per heavy atom. The van der Waals surface area contributed by atoms with E-state index in [0.717, 1.165) is 6.42 Å². The highest BCUT2D eigenvalue weighted by Crippen LogP contribution is 2.19. The van der Waals surface area contributed by atoms with Crippen LogP contribution in [0.5, 0.6) is 0 Å². The van der Waals surface area contributed by atoms with Gasteiger partial charge in [0.25, 0.3) is 0 Å². The quantitative estimate of drug-likeness (QED) is 0.681. The largest absolute Gasteiger partial charge is 0.481 e. The topological polar surface area (TPSA) is 101 Å². The molecule has 7 heteroatoms. The molecule has 0 bridgehead atoms. The fourth-order valence-corrected chi connectivity index (χ4v) is 3.80. The van der Waals surface area contributed by atoms with Crippen molar-refractivity contribution in [1.29, 1.82) is 0 Å². The van der Waals surface area contributed by atoms with Crippen LogP contribution >= 0.6 is 0 Å². The third kappa shape index (κ3) is 4.64. The van der Waals surface area contributed by atoms with E-state index >= 15 is 0 Å². The van der Waals surface area contributed by atoms with Gasteiger partial charge in [0.15, 0.2) is 9.84 Å². The lowest BCUT2D eigenvalue weighted by Gasteiger charge is -2.21. The molecule has 6 nitrogen and oxygen atoms in total. The molecule has 1 saturated heterocycles. The van der Waals surface area contributed by atoms with Gasteiger partial charge >= 0.3 is 5.97 Å². The first kappa shape index (κ1) is 14.9. The maximum atomic E-state index is 11.7. The van der Waals surface area contributed by atoms with Gasteiger partial charge in [-0.1, -0.05) is 6.42 Å². The van der Waals surface area contributed by atoms with Gasteiger partial charge in [-0.15, -0.1) is 0 Å². The summed E-state index contributed by atoms with van der Waals surface area (Å²) < 4.78 is 23.3. The second-order valence-electron chi connectivity index (χ2n) is 4.49. The number of rotatable bonds is 6. The Morgan fingerprint density at radius 1 is 1.22 bits per heavy atom. The average Bonchev–Trinajstić information content (AvgIpc) is 2.27. The Hall–Kier alpha value is -1.11. The molecule has 1 fully saturated rings. The molecule has 1 amide bonds. The van der Waals surface area contributed by atoms with Crippen LogP contribution in [-0.2, 0) is 19.4 Å². The predicted molar refractivity (Wildman–Crippen MR) is 65.9 cm³/mol. The Bertz CT molecular complexity index is 404. The van der Waals surface area contributed by atoms with E-state index in [4.69, 9.17) is 5.11 Å². The Morgan fingerprint density at radius 2 is 1.94 bits per heavy atom. The number of hydrogen-bond acceptors (Lipinski definition) is 4. The van der Waals surface area contributed by atoms with Crippen LogP contribution in [0.25, 0.3) is 0 Å². The summed E-state index contributed by atoms with van der Waals surface area (Å²) in [6, 6.07) is 0. The minimum atomic E-state index is -3.29. The third-order valence-corrected chi connectivity index (χ3v) is 5.16. The minimum absolute atomic E-state index is 0.0671. The first-order valence-electron chi connectivity index (χ1n) is 6.14. The molecule has 1 heterocycles. The molecule has 1 aliphatic rings. The average molecular weight is 277 g/mol. The molecule has 18 heavy (non-hydrogen) atoms. The van der Waals surface area contributed by atoms with Crippen molar-refractivity contribution in [3.8, 4) is 0 Å². The fourth-order valence-electron chi connectivity index (χ4n) is 1.98. The number of unbranched alkanes of at least 4 members (excludes halogenated alkanes) is 1. The Balaban J connectivity index is 2.30. The van der Waals surface area contributed by atoms with Crippen molar-refractivity contribution in [2.24, 2.45) is 0 Å². The summed E-state index contributed by atoms with van der Waals surface area (Å²) >= 11 is 0. The summed E-state index contributed by atoms with van der Waals surface area (Å²) in [7, 11) is -3.29. The van der Waals surface area contributed by atoms with Gasteiger partial charge in [-0.05, 0) is 25.7 Å². The molecular formula is C11H19NO5S. The number of carboxylic acid groups (broad SMARTS) is 1. The number of carbonyl (C=O) groups excluding carboxylic acids is 1. The summed E-state index contributed by atoms with van der Waals surface area (Å²) in [4.78, 5) is 22.0. The van der Waals surface area contributed by atoms with Gasteiger partial charge in [0.05, 0.1) is 5.75 Å². The van der Waals surface area contributed by atoms with Gasteiger partial charge in [0.1, 0.15) is 5.25 Å². The maximum Gasteiger partial charge on any atom is 0.303 e. The normalized spacial score (nSPS) is 22.3. The van der Waals surface area contributed by atoms with Gasteiger partial charge in [-0.25, -0.2) is 8.42 Å². The molecule has 0 aliphatic carbocycles. The molecule has 0 radical (unpaired) electrons. The van der Waals surface area contributed by atoms with Crippen LogP contribution < -0.4 is 5.32 Å². The van der Waals surface area contributed by atoms with Gasteiger partial charge in [-0.2, -0.15) is 0 Å². The van der Waals surface area contributed by atoms with Crippen molar-refractivity contribution in [2.75, 3.05) is 12.3 Å². The number of carboxylic acids is 1. The number of sulfone groups is 1. The lowest BCUT2D eigenvalue weighted by Crippen LogP contribution is -2.43. The van der Waals surface area contributed by atoms with E-state index in [1.54, 1.807) is 0 Å². The second-order valence-corrected chi connectivity index (χ2v) is 6.80. The second kappa shape index (κ2) is 6.72. The van der Waals surface area contributed by atoms with Crippen molar-refractivity contribution in [3.63, 3.8) is 0 Å². The van der Waals surface area contributed by atoms with Gasteiger partial charge in [0, 0.05) is 13.0 Å². The molecule has 0 aromatic rings. The van der Waals surface area contributed by atoms with E-state index in [-0.39, 0.29) is 12.2 Å². The molecule has 1 aliphatic heterocycles. The van der Waals surface area contributed by atoms with Crippen LogP contribution in [0.3, 0.4) is 0 Å². The van der Waals surface area contributed by atoms with E-state index in [9.17, 15) is 18.0 Å². The first-order valence-corrected chi connectivity index (χ1v) is 7.86. The molecule has 1 rings (SSSR count). The van der Waals surface area contributed by atoms with Crippen molar-refractivity contribution >= 4 is 21.7 Å². The van der Waals surface area contributed by atoms with E-state index in [0.29, 0.717) is 32.2 Å². The SMILES string of the molecule is O=C(O)CCCCNC(=O)C1CCCCS1(=O)=O. The number of carbonyl (C=O) groups is 2. The third-order valence-electron chi connectivity index (χ3n) is 2.99. The number of amides is 1. The monoisotopic (exact) mass is 277 g/mol. The van der Waals surface area contributed by atoms with Crippen molar-refractivity contribution in [2.45, 2.75) is 43.8 Å². The number of aliphatic carboxylic acids is 1. The number of nitrogens with one attached hydrogen (secondary N) is 1. The Labute approximate surface area is 107 Å². The lowest BCUT2D eigenvalue weighted by atomic mass is 10.2. The van der Waals surface area contributed by atoms with E-state index < -0.39 is 27.0 Å². The van der Waals surface area contributed by atoms with Crippen LogP contribution in [0.1, 0.15) is 38.5 Å².